The summed E-state index contributed by atoms with van der Waals surface area (Å²) in [5, 5.41) is 2.79. The number of rotatable bonds is 3. The van der Waals surface area contributed by atoms with Crippen LogP contribution in [-0.2, 0) is 0 Å². The SMILES string of the molecule is Cc1cccnc1C(=O)Nc1cc(Br)ccc1C(N)=S. The van der Waals surface area contributed by atoms with E-state index < -0.39 is 0 Å². The second kappa shape index (κ2) is 6.11. The van der Waals surface area contributed by atoms with Gasteiger partial charge in [-0.3, -0.25) is 9.78 Å². The van der Waals surface area contributed by atoms with Crippen LogP contribution >= 0.6 is 28.1 Å². The number of hydrogen-bond donors (Lipinski definition) is 2. The van der Waals surface area contributed by atoms with E-state index in [0.717, 1.165) is 10.0 Å². The summed E-state index contributed by atoms with van der Waals surface area (Å²) in [5.41, 5.74) is 8.01. The number of aryl methyl sites for hydroxylation is 1. The number of aromatic nitrogens is 1. The molecule has 0 unspecified atom stereocenters. The highest BCUT2D eigenvalue weighted by molar-refractivity contribution is 9.10. The molecular formula is C14H12BrN3OS. The lowest BCUT2D eigenvalue weighted by Crippen LogP contribution is -2.19. The third kappa shape index (κ3) is 3.20. The first kappa shape index (κ1) is 14.6. The van der Waals surface area contributed by atoms with Crippen LogP contribution in [0.2, 0.25) is 0 Å². The van der Waals surface area contributed by atoms with Gasteiger partial charge in [-0.1, -0.05) is 34.2 Å². The van der Waals surface area contributed by atoms with E-state index in [0.29, 0.717) is 16.9 Å². The molecule has 4 nitrogen and oxygen atoms in total. The minimum absolute atomic E-state index is 0.227. The van der Waals surface area contributed by atoms with Crippen molar-refractivity contribution in [2.45, 2.75) is 6.92 Å². The lowest BCUT2D eigenvalue weighted by molar-refractivity contribution is 0.102. The van der Waals surface area contributed by atoms with Gasteiger partial charge < -0.3 is 11.1 Å². The highest BCUT2D eigenvalue weighted by Gasteiger charge is 2.13. The Hall–Kier alpha value is -1.79. The normalized spacial score (nSPS) is 10.1. The molecule has 0 saturated carbocycles. The smallest absolute Gasteiger partial charge is 0.274 e. The summed E-state index contributed by atoms with van der Waals surface area (Å²) in [5.74, 6) is -0.293. The highest BCUT2D eigenvalue weighted by Crippen LogP contribution is 2.22. The van der Waals surface area contributed by atoms with Crippen molar-refractivity contribution in [2.24, 2.45) is 5.73 Å². The molecule has 1 aromatic carbocycles. The van der Waals surface area contributed by atoms with E-state index in [1.807, 2.05) is 19.1 Å². The number of nitrogens with one attached hydrogen (secondary N) is 1. The highest BCUT2D eigenvalue weighted by atomic mass is 79.9. The summed E-state index contributed by atoms with van der Waals surface area (Å²) in [6.45, 7) is 1.83. The summed E-state index contributed by atoms with van der Waals surface area (Å²) in [6.07, 6.45) is 1.58. The van der Waals surface area contributed by atoms with Gasteiger partial charge in [0.2, 0.25) is 0 Å². The average molecular weight is 350 g/mol. The van der Waals surface area contributed by atoms with Crippen molar-refractivity contribution in [3.63, 3.8) is 0 Å². The average Bonchev–Trinajstić information content (AvgIpc) is 2.38. The predicted molar refractivity (Wildman–Crippen MR) is 87.0 cm³/mol. The van der Waals surface area contributed by atoms with Crippen LogP contribution in [0.1, 0.15) is 21.6 Å². The standard InChI is InChI=1S/C14H12BrN3OS/c1-8-3-2-6-17-12(8)14(19)18-11-7-9(15)4-5-10(11)13(16)20/h2-7H,1H3,(H2,16,20)(H,18,19). The quantitative estimate of drug-likeness (QED) is 0.835. The van der Waals surface area contributed by atoms with Crippen LogP contribution in [0, 0.1) is 6.92 Å². The number of benzene rings is 1. The van der Waals surface area contributed by atoms with E-state index in [4.69, 9.17) is 18.0 Å². The molecule has 0 aliphatic rings. The monoisotopic (exact) mass is 349 g/mol. The molecule has 2 rings (SSSR count). The maximum Gasteiger partial charge on any atom is 0.274 e. The number of amides is 1. The Balaban J connectivity index is 2.35. The lowest BCUT2D eigenvalue weighted by atomic mass is 10.1. The molecule has 0 radical (unpaired) electrons. The number of hydrogen-bond acceptors (Lipinski definition) is 3. The molecule has 3 N–H and O–H groups in total. The van der Waals surface area contributed by atoms with Crippen molar-refractivity contribution < 1.29 is 4.79 Å². The summed E-state index contributed by atoms with van der Waals surface area (Å²) in [7, 11) is 0. The summed E-state index contributed by atoms with van der Waals surface area (Å²) in [4.78, 5) is 16.6. The Morgan fingerprint density at radius 1 is 1.40 bits per heavy atom. The first-order valence-electron chi connectivity index (χ1n) is 5.81. The summed E-state index contributed by atoms with van der Waals surface area (Å²) in [6, 6.07) is 8.94. The van der Waals surface area contributed by atoms with Gasteiger partial charge in [0, 0.05) is 16.2 Å². The zero-order valence-electron chi connectivity index (χ0n) is 10.7. The molecule has 0 saturated heterocycles. The summed E-state index contributed by atoms with van der Waals surface area (Å²) < 4.78 is 0.825. The van der Waals surface area contributed by atoms with Crippen molar-refractivity contribution in [3.8, 4) is 0 Å². The number of pyridine rings is 1. The second-order valence-corrected chi connectivity index (χ2v) is 5.53. The van der Waals surface area contributed by atoms with E-state index in [-0.39, 0.29) is 10.9 Å². The van der Waals surface area contributed by atoms with Gasteiger partial charge in [-0.2, -0.15) is 0 Å². The van der Waals surface area contributed by atoms with E-state index in [9.17, 15) is 4.79 Å². The molecule has 0 aliphatic carbocycles. The molecule has 20 heavy (non-hydrogen) atoms. The molecule has 0 bridgehead atoms. The van der Waals surface area contributed by atoms with Crippen molar-refractivity contribution >= 4 is 44.7 Å². The third-order valence-corrected chi connectivity index (χ3v) is 3.43. The number of halogens is 1. The molecule has 0 fully saturated rings. The predicted octanol–water partition coefficient (Wildman–Crippen LogP) is 3.04. The molecule has 102 valence electrons. The molecule has 6 heteroatoms. The van der Waals surface area contributed by atoms with Crippen LogP contribution < -0.4 is 11.1 Å². The van der Waals surface area contributed by atoms with Crippen LogP contribution in [0.4, 0.5) is 5.69 Å². The van der Waals surface area contributed by atoms with Gasteiger partial charge in [0.1, 0.15) is 10.7 Å². The van der Waals surface area contributed by atoms with Gasteiger partial charge in [0.15, 0.2) is 0 Å². The van der Waals surface area contributed by atoms with Gasteiger partial charge in [0.25, 0.3) is 5.91 Å². The zero-order chi connectivity index (χ0) is 14.7. The van der Waals surface area contributed by atoms with E-state index in [1.165, 1.54) is 0 Å². The Labute approximate surface area is 130 Å². The Morgan fingerprint density at radius 2 is 2.15 bits per heavy atom. The molecule has 0 atom stereocenters. The van der Waals surface area contributed by atoms with Crippen molar-refractivity contribution in [1.29, 1.82) is 0 Å². The van der Waals surface area contributed by atoms with Crippen LogP contribution in [0.5, 0.6) is 0 Å². The maximum atomic E-state index is 12.2. The zero-order valence-corrected chi connectivity index (χ0v) is 13.1. The van der Waals surface area contributed by atoms with Gasteiger partial charge in [0.05, 0.1) is 5.69 Å². The number of carbonyl (C=O) groups is 1. The number of thiocarbonyl (C=S) groups is 1. The van der Waals surface area contributed by atoms with Crippen LogP contribution in [0.25, 0.3) is 0 Å². The maximum absolute atomic E-state index is 12.2. The summed E-state index contributed by atoms with van der Waals surface area (Å²) >= 11 is 8.34. The van der Waals surface area contributed by atoms with E-state index in [2.05, 4.69) is 26.2 Å². The van der Waals surface area contributed by atoms with Crippen LogP contribution in [0.15, 0.2) is 41.0 Å². The number of carbonyl (C=O) groups excluding carboxylic acids is 1. The van der Waals surface area contributed by atoms with E-state index >= 15 is 0 Å². The fourth-order valence-electron chi connectivity index (χ4n) is 1.74. The van der Waals surface area contributed by atoms with Crippen LogP contribution in [0.3, 0.4) is 0 Å². The topological polar surface area (TPSA) is 68.0 Å². The fourth-order valence-corrected chi connectivity index (χ4v) is 2.28. The Kier molecular flexibility index (Phi) is 4.46. The van der Waals surface area contributed by atoms with Gasteiger partial charge in [-0.05, 0) is 36.8 Å². The largest absolute Gasteiger partial charge is 0.389 e. The molecular weight excluding hydrogens is 338 g/mol. The van der Waals surface area contributed by atoms with E-state index in [1.54, 1.807) is 24.4 Å². The molecule has 0 aliphatic heterocycles. The van der Waals surface area contributed by atoms with Crippen molar-refractivity contribution in [2.75, 3.05) is 5.32 Å². The van der Waals surface area contributed by atoms with Gasteiger partial charge in [-0.25, -0.2) is 0 Å². The third-order valence-electron chi connectivity index (χ3n) is 2.72. The molecule has 2 aromatic rings. The molecule has 1 heterocycles. The first-order chi connectivity index (χ1) is 9.49. The number of nitrogens with zero attached hydrogens (tertiary/aromatic N) is 1. The number of nitrogens with two attached hydrogens (primary N) is 1. The minimum Gasteiger partial charge on any atom is -0.389 e. The van der Waals surface area contributed by atoms with Gasteiger partial charge in [-0.15, -0.1) is 0 Å². The van der Waals surface area contributed by atoms with Crippen LogP contribution in [-0.4, -0.2) is 15.9 Å². The number of anilines is 1. The molecule has 1 aromatic heterocycles. The Bertz CT molecular complexity index is 688. The van der Waals surface area contributed by atoms with Gasteiger partial charge >= 0.3 is 0 Å². The lowest BCUT2D eigenvalue weighted by Gasteiger charge is -2.11. The molecule has 1 amide bonds. The minimum atomic E-state index is -0.293. The fraction of sp³-hybridized carbons (Fsp3) is 0.0714. The van der Waals surface area contributed by atoms with Crippen molar-refractivity contribution in [1.82, 2.24) is 4.98 Å². The Morgan fingerprint density at radius 3 is 2.80 bits per heavy atom. The molecule has 0 spiro atoms. The first-order valence-corrected chi connectivity index (χ1v) is 7.01. The second-order valence-electron chi connectivity index (χ2n) is 4.18. The van der Waals surface area contributed by atoms with Crippen molar-refractivity contribution in [3.05, 3.63) is 57.8 Å².